The van der Waals surface area contributed by atoms with E-state index in [1.807, 2.05) is 11.8 Å². The smallest absolute Gasteiger partial charge is 0.0695 e. The number of nitrogens with zero attached hydrogens (tertiary/aromatic N) is 1. The van der Waals surface area contributed by atoms with Crippen LogP contribution in [-0.4, -0.2) is 47.3 Å². The molecule has 0 spiro atoms. The Labute approximate surface area is 104 Å². The maximum atomic E-state index is 10.3. The standard InChI is InChI=1S/C13H25NOS/c15-13(12-5-9-16-10-6-12)11-14-7-3-1-2-4-8-14/h12-13,15H,1-11H2. The van der Waals surface area contributed by atoms with Gasteiger partial charge in [-0.2, -0.15) is 11.8 Å². The van der Waals surface area contributed by atoms with Crippen molar-refractivity contribution in [2.24, 2.45) is 5.92 Å². The normalized spacial score (nSPS) is 27.6. The molecule has 0 bridgehead atoms. The predicted octanol–water partition coefficient (Wildman–Crippen LogP) is 2.37. The molecule has 1 N–H and O–H groups in total. The fourth-order valence-corrected chi connectivity index (χ4v) is 3.98. The van der Waals surface area contributed by atoms with Gasteiger partial charge in [-0.15, -0.1) is 0 Å². The van der Waals surface area contributed by atoms with Crippen LogP contribution in [0.4, 0.5) is 0 Å². The van der Waals surface area contributed by atoms with Crippen molar-refractivity contribution >= 4 is 11.8 Å². The summed E-state index contributed by atoms with van der Waals surface area (Å²) in [5.41, 5.74) is 0. The fraction of sp³-hybridized carbons (Fsp3) is 1.00. The molecule has 3 heteroatoms. The third-order valence-corrected chi connectivity index (χ3v) is 5.00. The summed E-state index contributed by atoms with van der Waals surface area (Å²) < 4.78 is 0. The van der Waals surface area contributed by atoms with Crippen molar-refractivity contribution in [3.05, 3.63) is 0 Å². The summed E-state index contributed by atoms with van der Waals surface area (Å²) in [5.74, 6) is 3.08. The molecule has 2 aliphatic rings. The van der Waals surface area contributed by atoms with Crippen molar-refractivity contribution in [2.45, 2.75) is 44.6 Å². The Morgan fingerprint density at radius 3 is 2.31 bits per heavy atom. The molecule has 0 saturated carbocycles. The third-order valence-electron chi connectivity index (χ3n) is 3.95. The van der Waals surface area contributed by atoms with Gasteiger partial charge in [0.15, 0.2) is 0 Å². The highest BCUT2D eigenvalue weighted by molar-refractivity contribution is 7.99. The van der Waals surface area contributed by atoms with Gasteiger partial charge in [0.25, 0.3) is 0 Å². The van der Waals surface area contributed by atoms with Gasteiger partial charge in [-0.05, 0) is 56.2 Å². The number of aliphatic hydroxyl groups is 1. The van der Waals surface area contributed by atoms with E-state index in [1.54, 1.807) is 0 Å². The lowest BCUT2D eigenvalue weighted by atomic mass is 9.95. The van der Waals surface area contributed by atoms with Crippen molar-refractivity contribution < 1.29 is 5.11 Å². The summed E-state index contributed by atoms with van der Waals surface area (Å²) in [7, 11) is 0. The molecule has 0 aromatic heterocycles. The first-order chi connectivity index (χ1) is 7.86. The van der Waals surface area contributed by atoms with Gasteiger partial charge in [0, 0.05) is 6.54 Å². The van der Waals surface area contributed by atoms with Crippen molar-refractivity contribution in [3.63, 3.8) is 0 Å². The number of rotatable bonds is 3. The SMILES string of the molecule is OC(CN1CCCCCC1)C1CCSCC1. The van der Waals surface area contributed by atoms with Crippen molar-refractivity contribution in [3.8, 4) is 0 Å². The van der Waals surface area contributed by atoms with Gasteiger partial charge in [0.2, 0.25) is 0 Å². The average Bonchev–Trinajstić information content (AvgIpc) is 2.59. The molecular formula is C13H25NOS. The van der Waals surface area contributed by atoms with Crippen molar-refractivity contribution in [1.82, 2.24) is 4.90 Å². The van der Waals surface area contributed by atoms with Gasteiger partial charge in [-0.1, -0.05) is 12.8 Å². The quantitative estimate of drug-likeness (QED) is 0.823. The van der Waals surface area contributed by atoms with Crippen LogP contribution in [0.25, 0.3) is 0 Å². The van der Waals surface area contributed by atoms with Gasteiger partial charge < -0.3 is 10.0 Å². The van der Waals surface area contributed by atoms with Crippen LogP contribution in [0.5, 0.6) is 0 Å². The van der Waals surface area contributed by atoms with E-state index in [9.17, 15) is 5.11 Å². The minimum Gasteiger partial charge on any atom is -0.392 e. The summed E-state index contributed by atoms with van der Waals surface area (Å²) in [4.78, 5) is 2.49. The summed E-state index contributed by atoms with van der Waals surface area (Å²) in [6, 6.07) is 0. The molecule has 1 atom stereocenters. The van der Waals surface area contributed by atoms with E-state index in [2.05, 4.69) is 4.90 Å². The maximum absolute atomic E-state index is 10.3. The lowest BCUT2D eigenvalue weighted by molar-refractivity contribution is 0.0610. The zero-order valence-corrected chi connectivity index (χ0v) is 11.1. The number of likely N-dealkylation sites (tertiary alicyclic amines) is 1. The topological polar surface area (TPSA) is 23.5 Å². The second-order valence-corrected chi connectivity index (χ2v) is 6.46. The molecule has 2 fully saturated rings. The monoisotopic (exact) mass is 243 g/mol. The van der Waals surface area contributed by atoms with E-state index in [1.165, 1.54) is 63.1 Å². The van der Waals surface area contributed by atoms with Crippen LogP contribution in [0.1, 0.15) is 38.5 Å². The van der Waals surface area contributed by atoms with Crippen LogP contribution in [0.3, 0.4) is 0 Å². The van der Waals surface area contributed by atoms with Gasteiger partial charge >= 0.3 is 0 Å². The molecule has 2 aliphatic heterocycles. The highest BCUT2D eigenvalue weighted by Gasteiger charge is 2.24. The van der Waals surface area contributed by atoms with E-state index in [4.69, 9.17) is 0 Å². The highest BCUT2D eigenvalue weighted by Crippen LogP contribution is 2.26. The molecule has 2 saturated heterocycles. The Balaban J connectivity index is 1.73. The molecule has 94 valence electrons. The van der Waals surface area contributed by atoms with Crippen LogP contribution in [0.15, 0.2) is 0 Å². The van der Waals surface area contributed by atoms with Crippen molar-refractivity contribution in [1.29, 1.82) is 0 Å². The van der Waals surface area contributed by atoms with E-state index in [-0.39, 0.29) is 6.10 Å². The van der Waals surface area contributed by atoms with Gasteiger partial charge in [0.1, 0.15) is 0 Å². The summed E-state index contributed by atoms with van der Waals surface area (Å²) >= 11 is 2.04. The number of hydrogen-bond donors (Lipinski definition) is 1. The molecule has 16 heavy (non-hydrogen) atoms. The van der Waals surface area contributed by atoms with Gasteiger partial charge in [-0.25, -0.2) is 0 Å². The van der Waals surface area contributed by atoms with Crippen molar-refractivity contribution in [2.75, 3.05) is 31.1 Å². The number of β-amino-alcohol motifs (C(OH)–C–C–N with tert-alkyl or cyclic N) is 1. The summed E-state index contributed by atoms with van der Waals surface area (Å²) in [6.07, 6.45) is 7.79. The maximum Gasteiger partial charge on any atom is 0.0695 e. The Hall–Kier alpha value is 0.270. The Morgan fingerprint density at radius 2 is 1.69 bits per heavy atom. The lowest BCUT2D eigenvalue weighted by Gasteiger charge is -2.30. The molecule has 1 unspecified atom stereocenters. The summed E-state index contributed by atoms with van der Waals surface area (Å²) in [6.45, 7) is 3.34. The first-order valence-corrected chi connectivity index (χ1v) is 8.00. The van der Waals surface area contributed by atoms with E-state index >= 15 is 0 Å². The predicted molar refractivity (Wildman–Crippen MR) is 71.0 cm³/mol. The molecule has 0 aromatic carbocycles. The van der Waals surface area contributed by atoms with Crippen LogP contribution < -0.4 is 0 Å². The molecule has 0 radical (unpaired) electrons. The average molecular weight is 243 g/mol. The zero-order chi connectivity index (χ0) is 11.2. The molecule has 0 aromatic rings. The number of thioether (sulfide) groups is 1. The number of hydrogen-bond acceptors (Lipinski definition) is 3. The third kappa shape index (κ3) is 3.94. The van der Waals surface area contributed by atoms with Crippen LogP contribution in [0, 0.1) is 5.92 Å². The van der Waals surface area contributed by atoms with E-state index in [0.29, 0.717) is 5.92 Å². The van der Waals surface area contributed by atoms with Crippen LogP contribution >= 0.6 is 11.8 Å². The first kappa shape index (κ1) is 12.7. The molecule has 2 rings (SSSR count). The lowest BCUT2D eigenvalue weighted by Crippen LogP contribution is -2.38. The first-order valence-electron chi connectivity index (χ1n) is 6.84. The Bertz CT molecular complexity index is 186. The molecule has 2 heterocycles. The second kappa shape index (κ2) is 6.87. The molecule has 0 aliphatic carbocycles. The zero-order valence-electron chi connectivity index (χ0n) is 10.2. The minimum absolute atomic E-state index is 0.0704. The Kier molecular flexibility index (Phi) is 5.46. The molecule has 2 nitrogen and oxygen atoms in total. The van der Waals surface area contributed by atoms with Crippen LogP contribution in [0.2, 0.25) is 0 Å². The number of aliphatic hydroxyl groups excluding tert-OH is 1. The largest absolute Gasteiger partial charge is 0.392 e. The highest BCUT2D eigenvalue weighted by atomic mass is 32.2. The fourth-order valence-electron chi connectivity index (χ4n) is 2.83. The van der Waals surface area contributed by atoms with Gasteiger partial charge in [-0.3, -0.25) is 0 Å². The van der Waals surface area contributed by atoms with E-state index < -0.39 is 0 Å². The molecule has 0 amide bonds. The Morgan fingerprint density at radius 1 is 1.06 bits per heavy atom. The summed E-state index contributed by atoms with van der Waals surface area (Å²) in [5, 5.41) is 10.3. The van der Waals surface area contributed by atoms with Crippen LogP contribution in [-0.2, 0) is 0 Å². The minimum atomic E-state index is -0.0704. The second-order valence-electron chi connectivity index (χ2n) is 5.23. The van der Waals surface area contributed by atoms with Gasteiger partial charge in [0.05, 0.1) is 6.10 Å². The molecular weight excluding hydrogens is 218 g/mol. The van der Waals surface area contributed by atoms with E-state index in [0.717, 1.165) is 6.54 Å².